The summed E-state index contributed by atoms with van der Waals surface area (Å²) in [6.45, 7) is -2.58. The number of aromatic nitrogens is 3. The van der Waals surface area contributed by atoms with Crippen molar-refractivity contribution in [3.63, 3.8) is 0 Å². The van der Waals surface area contributed by atoms with Crippen molar-refractivity contribution in [3.05, 3.63) is 33.3 Å². The highest BCUT2D eigenvalue weighted by atomic mass is 79.9. The van der Waals surface area contributed by atoms with E-state index in [0.29, 0.717) is 14.5 Å². The van der Waals surface area contributed by atoms with Crippen molar-refractivity contribution in [2.24, 2.45) is 6.98 Å². The lowest BCUT2D eigenvalue weighted by atomic mass is 10.3. The lowest BCUT2D eigenvalue weighted by molar-refractivity contribution is 0.716. The molecule has 0 saturated carbocycles. The van der Waals surface area contributed by atoms with E-state index >= 15 is 0 Å². The number of aryl methyl sites for hydroxylation is 1. The van der Waals surface area contributed by atoms with Gasteiger partial charge in [0.15, 0.2) is 0 Å². The second-order valence-corrected chi connectivity index (χ2v) is 3.37. The van der Waals surface area contributed by atoms with Crippen LogP contribution in [0.15, 0.2) is 27.7 Å². The molecule has 0 radical (unpaired) electrons. The fourth-order valence-corrected chi connectivity index (χ4v) is 1.35. The molecule has 0 aliphatic heterocycles. The predicted octanol–water partition coefficient (Wildman–Crippen LogP) is 1.09. The molecule has 2 heterocycles. The molecule has 0 spiro atoms. The van der Waals surface area contributed by atoms with E-state index in [0.717, 1.165) is 0 Å². The molecule has 5 heteroatoms. The van der Waals surface area contributed by atoms with Crippen LogP contribution in [0.4, 0.5) is 0 Å². The minimum absolute atomic E-state index is 0.0920. The monoisotopic (exact) mass is 242 g/mol. The van der Waals surface area contributed by atoms with Crippen molar-refractivity contribution in [2.45, 2.75) is 0 Å². The van der Waals surface area contributed by atoms with Gasteiger partial charge in [-0.2, -0.15) is 5.10 Å². The van der Waals surface area contributed by atoms with Gasteiger partial charge in [-0.1, -0.05) is 0 Å². The molecule has 2 aromatic rings. The Morgan fingerprint density at radius 2 is 2.46 bits per heavy atom. The normalized spacial score (nSPS) is 15.0. The number of hydrogen-bond donors (Lipinski definition) is 0. The summed E-state index contributed by atoms with van der Waals surface area (Å²) in [4.78, 5) is 15.6. The molecule has 0 saturated heterocycles. The fourth-order valence-electron chi connectivity index (χ4n) is 1.00. The third-order valence-corrected chi connectivity index (χ3v) is 2.02. The van der Waals surface area contributed by atoms with E-state index in [2.05, 4.69) is 26.0 Å². The Morgan fingerprint density at radius 1 is 1.62 bits per heavy atom. The second-order valence-electron chi connectivity index (χ2n) is 2.45. The maximum absolute atomic E-state index is 11.7. The Balaban J connectivity index is 2.81. The Labute approximate surface area is 86.6 Å². The highest BCUT2D eigenvalue weighted by molar-refractivity contribution is 9.10. The Bertz CT molecular complexity index is 607. The van der Waals surface area contributed by atoms with E-state index in [9.17, 15) is 4.79 Å². The number of halogens is 1. The topological polar surface area (TPSA) is 47.8 Å². The number of pyridine rings is 1. The first-order chi connectivity index (χ1) is 7.39. The van der Waals surface area contributed by atoms with E-state index in [4.69, 9.17) is 4.11 Å². The van der Waals surface area contributed by atoms with Gasteiger partial charge in [-0.3, -0.25) is 4.79 Å². The van der Waals surface area contributed by atoms with E-state index in [1.807, 2.05) is 0 Å². The zero-order valence-electron chi connectivity index (χ0n) is 9.36. The van der Waals surface area contributed by atoms with Crippen LogP contribution in [0.3, 0.4) is 0 Å². The largest absolute Gasteiger partial charge is 0.292 e. The maximum Gasteiger partial charge on any atom is 0.292 e. The van der Waals surface area contributed by atoms with E-state index < -0.39 is 12.5 Å². The van der Waals surface area contributed by atoms with Crippen molar-refractivity contribution in [1.29, 1.82) is 0 Å². The van der Waals surface area contributed by atoms with Crippen LogP contribution in [-0.4, -0.2) is 14.8 Å². The van der Waals surface area contributed by atoms with Crippen molar-refractivity contribution >= 4 is 26.8 Å². The molecule has 4 nitrogen and oxygen atoms in total. The molecule has 2 rings (SSSR count). The van der Waals surface area contributed by atoms with Crippen molar-refractivity contribution < 1.29 is 4.11 Å². The SMILES string of the molecule is [2H]C([2H])([2H])n1ncc2cc(Br)cnc2c1=O. The van der Waals surface area contributed by atoms with Gasteiger partial charge in [0.1, 0.15) is 5.52 Å². The van der Waals surface area contributed by atoms with Crippen molar-refractivity contribution in [2.75, 3.05) is 0 Å². The molecule has 0 unspecified atom stereocenters. The number of rotatable bonds is 0. The molecule has 2 aromatic heterocycles. The van der Waals surface area contributed by atoms with Crippen LogP contribution < -0.4 is 5.56 Å². The average molecular weight is 243 g/mol. The Morgan fingerprint density at radius 3 is 3.23 bits per heavy atom. The molecule has 0 fully saturated rings. The van der Waals surface area contributed by atoms with Crippen LogP contribution >= 0.6 is 15.9 Å². The van der Waals surface area contributed by atoms with Crippen LogP contribution in [0.25, 0.3) is 10.9 Å². The van der Waals surface area contributed by atoms with Crippen LogP contribution in [0.5, 0.6) is 0 Å². The highest BCUT2D eigenvalue weighted by Crippen LogP contribution is 2.12. The molecular weight excluding hydrogens is 234 g/mol. The van der Waals surface area contributed by atoms with Gasteiger partial charge in [0, 0.05) is 27.1 Å². The lowest BCUT2D eigenvalue weighted by Crippen LogP contribution is -2.19. The fraction of sp³-hybridized carbons (Fsp3) is 0.125. The lowest BCUT2D eigenvalue weighted by Gasteiger charge is -1.98. The van der Waals surface area contributed by atoms with E-state index in [1.54, 1.807) is 6.07 Å². The summed E-state index contributed by atoms with van der Waals surface area (Å²) in [5.74, 6) is 0. The second kappa shape index (κ2) is 2.92. The summed E-state index contributed by atoms with van der Waals surface area (Å²) < 4.78 is 22.5. The molecule has 0 aliphatic rings. The minimum atomic E-state index is -2.58. The predicted molar refractivity (Wildman–Crippen MR) is 52.5 cm³/mol. The first-order valence-corrected chi connectivity index (χ1v) is 4.23. The molecule has 0 atom stereocenters. The summed E-state index contributed by atoms with van der Waals surface area (Å²) in [5, 5.41) is 4.10. The van der Waals surface area contributed by atoms with Gasteiger partial charge in [0.05, 0.1) is 6.20 Å². The summed E-state index contributed by atoms with van der Waals surface area (Å²) in [7, 11) is 0. The van der Waals surface area contributed by atoms with Gasteiger partial charge in [0.25, 0.3) is 5.56 Å². The van der Waals surface area contributed by atoms with E-state index in [1.165, 1.54) is 12.4 Å². The molecule has 0 aliphatic carbocycles. The van der Waals surface area contributed by atoms with Crippen LogP contribution in [0.1, 0.15) is 4.11 Å². The molecule has 66 valence electrons. The molecule has 13 heavy (non-hydrogen) atoms. The number of nitrogens with zero attached hydrogens (tertiary/aromatic N) is 3. The first kappa shape index (κ1) is 5.49. The highest BCUT2D eigenvalue weighted by Gasteiger charge is 2.02. The van der Waals surface area contributed by atoms with Gasteiger partial charge in [-0.25, -0.2) is 9.67 Å². The van der Waals surface area contributed by atoms with Crippen molar-refractivity contribution in [1.82, 2.24) is 14.8 Å². The van der Waals surface area contributed by atoms with Gasteiger partial charge in [-0.05, 0) is 22.0 Å². The summed E-state index contributed by atoms with van der Waals surface area (Å²) >= 11 is 3.20. The number of hydrogen-bond acceptors (Lipinski definition) is 3. The summed E-state index contributed by atoms with van der Waals surface area (Å²) in [6.07, 6.45) is 2.74. The van der Waals surface area contributed by atoms with Crippen LogP contribution in [0, 0.1) is 0 Å². The van der Waals surface area contributed by atoms with Gasteiger partial charge >= 0.3 is 0 Å². The molecule has 0 N–H and O–H groups in total. The Hall–Kier alpha value is -1.23. The van der Waals surface area contributed by atoms with Gasteiger partial charge < -0.3 is 0 Å². The first-order valence-electron chi connectivity index (χ1n) is 4.94. The van der Waals surface area contributed by atoms with Crippen LogP contribution in [-0.2, 0) is 6.98 Å². The quantitative estimate of drug-likeness (QED) is 0.695. The zero-order valence-corrected chi connectivity index (χ0v) is 7.95. The van der Waals surface area contributed by atoms with Gasteiger partial charge in [-0.15, -0.1) is 0 Å². The zero-order chi connectivity index (χ0) is 11.9. The van der Waals surface area contributed by atoms with E-state index in [-0.39, 0.29) is 5.52 Å². The van der Waals surface area contributed by atoms with Crippen LogP contribution in [0.2, 0.25) is 0 Å². The summed E-state index contributed by atoms with van der Waals surface area (Å²) in [5.41, 5.74) is -0.626. The molecular formula is C8H6BrN3O. The third-order valence-electron chi connectivity index (χ3n) is 1.59. The molecule has 0 amide bonds. The van der Waals surface area contributed by atoms with Crippen molar-refractivity contribution in [3.8, 4) is 0 Å². The molecule has 0 aromatic carbocycles. The average Bonchev–Trinajstić information content (AvgIpc) is 2.15. The van der Waals surface area contributed by atoms with Gasteiger partial charge in [0.2, 0.25) is 0 Å². The summed E-state index contributed by atoms with van der Waals surface area (Å²) in [6, 6.07) is 1.65. The number of fused-ring (bicyclic) bond motifs is 1. The standard InChI is InChI=1S/C8H6BrN3O/c1-12-8(13)7-5(3-11-12)2-6(9)4-10-7/h2-4H,1H3/i1D3. The minimum Gasteiger partial charge on any atom is -0.265 e. The maximum atomic E-state index is 11.7. The third kappa shape index (κ3) is 1.35. The molecule has 0 bridgehead atoms. The smallest absolute Gasteiger partial charge is 0.265 e. The Kier molecular flexibility index (Phi) is 1.23.